The molecular formula is C25H24N2O5S. The Hall–Kier alpha value is -3.39. The van der Waals surface area contributed by atoms with Gasteiger partial charge >= 0.3 is 5.97 Å². The van der Waals surface area contributed by atoms with Crippen LogP contribution < -0.4 is 24.4 Å². The molecule has 1 aromatic heterocycles. The first-order chi connectivity index (χ1) is 15.8. The second kappa shape index (κ2) is 7.88. The minimum Gasteiger partial charge on any atom is -0.491 e. The number of ether oxygens (including phenoxy) is 3. The van der Waals surface area contributed by atoms with Gasteiger partial charge in [-0.1, -0.05) is 41.7 Å². The van der Waals surface area contributed by atoms with Crippen LogP contribution in [0.15, 0.2) is 58.3 Å². The Bertz CT molecular complexity index is 1410. The molecule has 33 heavy (non-hydrogen) atoms. The van der Waals surface area contributed by atoms with Crippen LogP contribution in [-0.4, -0.2) is 29.5 Å². The van der Waals surface area contributed by atoms with Crippen LogP contribution in [0, 0.1) is 5.92 Å². The number of benzene rings is 2. The van der Waals surface area contributed by atoms with E-state index < -0.39 is 23.7 Å². The summed E-state index contributed by atoms with van der Waals surface area (Å²) in [5.74, 6) is 0.146. The third kappa shape index (κ3) is 3.54. The molecule has 2 aromatic carbocycles. The van der Waals surface area contributed by atoms with Gasteiger partial charge in [-0.2, -0.15) is 0 Å². The summed E-state index contributed by atoms with van der Waals surface area (Å²) >= 11 is 1.29. The van der Waals surface area contributed by atoms with Crippen molar-refractivity contribution < 1.29 is 19.0 Å². The zero-order chi connectivity index (χ0) is 23.3. The van der Waals surface area contributed by atoms with Gasteiger partial charge in [0.2, 0.25) is 5.72 Å². The number of rotatable bonds is 4. The molecule has 170 valence electrons. The van der Waals surface area contributed by atoms with Crippen LogP contribution in [0.4, 0.5) is 0 Å². The first kappa shape index (κ1) is 21.5. The zero-order valence-corrected chi connectivity index (χ0v) is 19.6. The lowest BCUT2D eigenvalue weighted by atomic mass is 9.81. The summed E-state index contributed by atoms with van der Waals surface area (Å²) in [6.45, 7) is 5.71. The van der Waals surface area contributed by atoms with Crippen molar-refractivity contribution in [3.8, 4) is 11.5 Å². The van der Waals surface area contributed by atoms with Crippen LogP contribution in [0.1, 0.15) is 37.9 Å². The fourth-order valence-electron chi connectivity index (χ4n) is 4.50. The molecule has 2 aliphatic rings. The van der Waals surface area contributed by atoms with E-state index in [1.807, 2.05) is 68.5 Å². The Morgan fingerprint density at radius 3 is 2.64 bits per heavy atom. The molecular weight excluding hydrogens is 440 g/mol. The largest absolute Gasteiger partial charge is 0.491 e. The lowest BCUT2D eigenvalue weighted by Crippen LogP contribution is -2.58. The van der Waals surface area contributed by atoms with Gasteiger partial charge in [-0.15, -0.1) is 0 Å². The Labute approximate surface area is 194 Å². The average molecular weight is 465 g/mol. The van der Waals surface area contributed by atoms with E-state index in [1.54, 1.807) is 11.5 Å². The molecule has 2 aliphatic heterocycles. The van der Waals surface area contributed by atoms with Gasteiger partial charge in [0, 0.05) is 5.56 Å². The highest BCUT2D eigenvalue weighted by Crippen LogP contribution is 2.47. The molecule has 7 nitrogen and oxygen atoms in total. The van der Waals surface area contributed by atoms with Crippen molar-refractivity contribution in [2.45, 2.75) is 38.6 Å². The third-order valence-corrected chi connectivity index (χ3v) is 6.87. The molecule has 0 fully saturated rings. The van der Waals surface area contributed by atoms with Gasteiger partial charge in [-0.05, 0) is 50.6 Å². The molecule has 3 atom stereocenters. The van der Waals surface area contributed by atoms with E-state index in [0.29, 0.717) is 15.1 Å². The number of methoxy groups -OCH3 is 1. The van der Waals surface area contributed by atoms with Gasteiger partial charge in [0.15, 0.2) is 4.80 Å². The van der Waals surface area contributed by atoms with E-state index in [4.69, 9.17) is 19.2 Å². The summed E-state index contributed by atoms with van der Waals surface area (Å²) in [6, 6.07) is 14.5. The Balaban J connectivity index is 1.67. The standard InChI is InChI=1S/C25H24N2O5S/c1-14(2)31-16-11-9-15(10-12-16)13-19-22(28)27-21-17-7-5-6-8-18(17)32-25(3,26-24(27)33-19)20(21)23(29)30-4/h5-14,20-21H,1-4H3/b19-13+/t20-,21+,25+/m0/s1. The minimum atomic E-state index is -1.17. The van der Waals surface area contributed by atoms with Crippen molar-refractivity contribution in [1.29, 1.82) is 0 Å². The molecule has 0 saturated heterocycles. The topological polar surface area (TPSA) is 79.1 Å². The third-order valence-electron chi connectivity index (χ3n) is 5.88. The number of hydrogen-bond acceptors (Lipinski definition) is 7. The quantitative estimate of drug-likeness (QED) is 0.555. The second-order valence-electron chi connectivity index (χ2n) is 8.56. The lowest BCUT2D eigenvalue weighted by Gasteiger charge is -2.44. The normalized spacial score (nSPS) is 23.2. The second-order valence-corrected chi connectivity index (χ2v) is 9.57. The first-order valence-electron chi connectivity index (χ1n) is 10.8. The van der Waals surface area contributed by atoms with E-state index in [2.05, 4.69) is 0 Å². The number of carbonyl (C=O) groups is 1. The number of hydrogen-bond donors (Lipinski definition) is 0. The lowest BCUT2D eigenvalue weighted by molar-refractivity contribution is -0.158. The Kier molecular flexibility index (Phi) is 5.12. The molecule has 8 heteroatoms. The van der Waals surface area contributed by atoms with Crippen molar-refractivity contribution in [2.24, 2.45) is 10.9 Å². The molecule has 3 heterocycles. The van der Waals surface area contributed by atoms with Gasteiger partial charge < -0.3 is 14.2 Å². The van der Waals surface area contributed by atoms with E-state index in [9.17, 15) is 9.59 Å². The van der Waals surface area contributed by atoms with Crippen LogP contribution in [0.5, 0.6) is 11.5 Å². The average Bonchev–Trinajstić information content (AvgIpc) is 3.07. The van der Waals surface area contributed by atoms with Crippen LogP contribution >= 0.6 is 11.3 Å². The van der Waals surface area contributed by atoms with Gasteiger partial charge in [-0.3, -0.25) is 14.2 Å². The maximum atomic E-state index is 13.6. The maximum absolute atomic E-state index is 13.6. The number of nitrogens with zero attached hydrogens (tertiary/aromatic N) is 2. The van der Waals surface area contributed by atoms with Crippen LogP contribution in [-0.2, 0) is 9.53 Å². The molecule has 0 N–H and O–H groups in total. The van der Waals surface area contributed by atoms with Crippen molar-refractivity contribution in [3.05, 3.63) is 79.3 Å². The van der Waals surface area contributed by atoms with Gasteiger partial charge in [0.25, 0.3) is 5.56 Å². The highest BCUT2D eigenvalue weighted by Gasteiger charge is 2.55. The van der Waals surface area contributed by atoms with Crippen molar-refractivity contribution >= 4 is 23.4 Å². The van der Waals surface area contributed by atoms with Gasteiger partial charge in [-0.25, -0.2) is 4.99 Å². The Morgan fingerprint density at radius 1 is 1.21 bits per heavy atom. The van der Waals surface area contributed by atoms with E-state index in [0.717, 1.165) is 16.9 Å². The summed E-state index contributed by atoms with van der Waals surface area (Å²) in [6.07, 6.45) is 1.92. The number of esters is 1. The van der Waals surface area contributed by atoms with Crippen LogP contribution in [0.3, 0.4) is 0 Å². The Morgan fingerprint density at radius 2 is 1.94 bits per heavy atom. The fourth-order valence-corrected chi connectivity index (χ4v) is 5.60. The first-order valence-corrected chi connectivity index (χ1v) is 11.6. The summed E-state index contributed by atoms with van der Waals surface area (Å²) in [5.41, 5.74) is 0.274. The molecule has 2 bridgehead atoms. The van der Waals surface area contributed by atoms with Crippen molar-refractivity contribution in [1.82, 2.24) is 4.57 Å². The molecule has 0 unspecified atom stereocenters. The monoisotopic (exact) mass is 464 g/mol. The van der Waals surface area contributed by atoms with Crippen molar-refractivity contribution in [3.63, 3.8) is 0 Å². The molecule has 0 spiro atoms. The number of carbonyl (C=O) groups excluding carboxylic acids is 1. The van der Waals surface area contributed by atoms with Crippen molar-refractivity contribution in [2.75, 3.05) is 7.11 Å². The summed E-state index contributed by atoms with van der Waals surface area (Å²) < 4.78 is 19.1. The summed E-state index contributed by atoms with van der Waals surface area (Å²) in [7, 11) is 1.34. The highest BCUT2D eigenvalue weighted by atomic mass is 32.1. The number of para-hydroxylation sites is 1. The summed E-state index contributed by atoms with van der Waals surface area (Å²) in [5, 5.41) is 0. The number of thiazole rings is 1. The van der Waals surface area contributed by atoms with E-state index in [-0.39, 0.29) is 11.7 Å². The van der Waals surface area contributed by atoms with Crippen LogP contribution in [0.2, 0.25) is 0 Å². The van der Waals surface area contributed by atoms with Gasteiger partial charge in [0.05, 0.1) is 23.8 Å². The highest BCUT2D eigenvalue weighted by molar-refractivity contribution is 7.07. The molecule has 0 aliphatic carbocycles. The predicted octanol–water partition coefficient (Wildman–Crippen LogP) is 2.65. The summed E-state index contributed by atoms with van der Waals surface area (Å²) in [4.78, 5) is 31.7. The molecule has 0 radical (unpaired) electrons. The molecule has 0 saturated carbocycles. The molecule has 5 rings (SSSR count). The number of aromatic nitrogens is 1. The predicted molar refractivity (Wildman–Crippen MR) is 124 cm³/mol. The smallest absolute Gasteiger partial charge is 0.317 e. The van der Waals surface area contributed by atoms with E-state index in [1.165, 1.54) is 18.4 Å². The van der Waals surface area contributed by atoms with Gasteiger partial charge in [0.1, 0.15) is 17.4 Å². The minimum absolute atomic E-state index is 0.0867. The van der Waals surface area contributed by atoms with Crippen LogP contribution in [0.25, 0.3) is 6.08 Å². The zero-order valence-electron chi connectivity index (χ0n) is 18.8. The molecule has 3 aromatic rings. The number of fused-ring (bicyclic) bond motifs is 6. The van der Waals surface area contributed by atoms with E-state index >= 15 is 0 Å². The molecule has 0 amide bonds. The SMILES string of the molecule is COC(=O)[C@@H]1[C@H]2c3ccccc3O[C@@]1(C)N=c1s/c(=C/c3ccc(OC(C)C)cc3)c(=O)n12. The fraction of sp³-hybridized carbons (Fsp3) is 0.320. The maximum Gasteiger partial charge on any atom is 0.317 e.